The van der Waals surface area contributed by atoms with E-state index in [1.54, 1.807) is 14.2 Å². The first-order valence-corrected chi connectivity index (χ1v) is 8.17. The van der Waals surface area contributed by atoms with Gasteiger partial charge < -0.3 is 15.2 Å². The Labute approximate surface area is 139 Å². The van der Waals surface area contributed by atoms with Crippen LogP contribution in [0.3, 0.4) is 0 Å². The predicted molar refractivity (Wildman–Crippen MR) is 95.4 cm³/mol. The monoisotopic (exact) mass is 313 g/mol. The van der Waals surface area contributed by atoms with E-state index in [9.17, 15) is 0 Å². The van der Waals surface area contributed by atoms with Gasteiger partial charge in [-0.05, 0) is 55.9 Å². The van der Waals surface area contributed by atoms with E-state index in [1.807, 2.05) is 6.92 Å². The Morgan fingerprint density at radius 3 is 2.00 bits per heavy atom. The van der Waals surface area contributed by atoms with Crippen molar-refractivity contribution in [1.82, 2.24) is 0 Å². The van der Waals surface area contributed by atoms with Crippen molar-refractivity contribution >= 4 is 0 Å². The molecule has 0 amide bonds. The van der Waals surface area contributed by atoms with E-state index in [0.717, 1.165) is 42.7 Å². The molecule has 3 heteroatoms. The number of rotatable bonds is 8. The van der Waals surface area contributed by atoms with Crippen molar-refractivity contribution in [3.63, 3.8) is 0 Å². The lowest BCUT2D eigenvalue weighted by Gasteiger charge is -2.17. The molecule has 2 N–H and O–H groups in total. The molecule has 0 heterocycles. The fraction of sp³-hybridized carbons (Fsp3) is 0.400. The Bertz CT molecular complexity index is 583. The summed E-state index contributed by atoms with van der Waals surface area (Å²) in [5.74, 6) is 1.74. The van der Waals surface area contributed by atoms with Crippen LogP contribution in [-0.2, 0) is 19.3 Å². The molecule has 3 nitrogen and oxygen atoms in total. The third-order valence-electron chi connectivity index (χ3n) is 3.97. The molecule has 0 aliphatic carbocycles. The van der Waals surface area contributed by atoms with Gasteiger partial charge in [0.05, 0.1) is 14.2 Å². The molecule has 0 saturated carbocycles. The third-order valence-corrected chi connectivity index (χ3v) is 3.97. The molecule has 0 bridgehead atoms. The largest absolute Gasteiger partial charge is 0.496 e. The molecule has 124 valence electrons. The van der Waals surface area contributed by atoms with Crippen LogP contribution in [0, 0.1) is 0 Å². The maximum Gasteiger partial charge on any atom is 0.126 e. The predicted octanol–water partition coefficient (Wildman–Crippen LogP) is 3.77. The van der Waals surface area contributed by atoms with Gasteiger partial charge in [-0.3, -0.25) is 0 Å². The molecule has 0 aromatic heterocycles. The molecule has 23 heavy (non-hydrogen) atoms. The SMILES string of the molecule is COc1cc(CCCc2ccccc2)cc(OC)c1C[C@@H](C)N. The molecule has 0 fully saturated rings. The van der Waals surface area contributed by atoms with Gasteiger partial charge in [-0.15, -0.1) is 0 Å². The van der Waals surface area contributed by atoms with Crippen molar-refractivity contribution in [2.75, 3.05) is 14.2 Å². The summed E-state index contributed by atoms with van der Waals surface area (Å²) in [6.07, 6.45) is 3.92. The zero-order valence-corrected chi connectivity index (χ0v) is 14.3. The smallest absolute Gasteiger partial charge is 0.126 e. The highest BCUT2D eigenvalue weighted by Crippen LogP contribution is 2.32. The fourth-order valence-electron chi connectivity index (χ4n) is 2.85. The molecular weight excluding hydrogens is 286 g/mol. The number of ether oxygens (including phenoxy) is 2. The molecule has 2 aromatic rings. The van der Waals surface area contributed by atoms with Gasteiger partial charge >= 0.3 is 0 Å². The van der Waals surface area contributed by atoms with E-state index in [4.69, 9.17) is 15.2 Å². The lowest BCUT2D eigenvalue weighted by Crippen LogP contribution is -2.19. The second-order valence-corrected chi connectivity index (χ2v) is 6.00. The number of hydrogen-bond donors (Lipinski definition) is 1. The van der Waals surface area contributed by atoms with Crippen molar-refractivity contribution in [3.8, 4) is 11.5 Å². The number of benzene rings is 2. The molecule has 0 saturated heterocycles. The van der Waals surface area contributed by atoms with Crippen LogP contribution >= 0.6 is 0 Å². The standard InChI is InChI=1S/C20H27NO2/c1-15(21)12-18-19(22-2)13-17(14-20(18)23-3)11-7-10-16-8-5-4-6-9-16/h4-6,8-9,13-15H,7,10-12,21H2,1-3H3/t15-/m1/s1. The van der Waals surface area contributed by atoms with Gasteiger partial charge in [0, 0.05) is 11.6 Å². The van der Waals surface area contributed by atoms with E-state index < -0.39 is 0 Å². The molecule has 2 aromatic carbocycles. The molecule has 0 aliphatic heterocycles. The topological polar surface area (TPSA) is 44.5 Å². The zero-order valence-electron chi connectivity index (χ0n) is 14.3. The summed E-state index contributed by atoms with van der Waals surface area (Å²) >= 11 is 0. The van der Waals surface area contributed by atoms with Gasteiger partial charge in [0.25, 0.3) is 0 Å². The Morgan fingerprint density at radius 1 is 0.913 bits per heavy atom. The molecular formula is C20H27NO2. The summed E-state index contributed by atoms with van der Waals surface area (Å²) in [6, 6.07) is 14.9. The minimum Gasteiger partial charge on any atom is -0.496 e. The van der Waals surface area contributed by atoms with E-state index in [-0.39, 0.29) is 6.04 Å². The molecule has 2 rings (SSSR count). The quantitative estimate of drug-likeness (QED) is 0.807. The highest BCUT2D eigenvalue weighted by atomic mass is 16.5. The minimum atomic E-state index is 0.0710. The summed E-state index contributed by atoms with van der Waals surface area (Å²) in [4.78, 5) is 0. The number of aryl methyl sites for hydroxylation is 2. The molecule has 0 radical (unpaired) electrons. The maximum atomic E-state index is 5.94. The third kappa shape index (κ3) is 5.00. The average Bonchev–Trinajstić information content (AvgIpc) is 2.56. The number of methoxy groups -OCH3 is 2. The van der Waals surface area contributed by atoms with Crippen molar-refractivity contribution in [2.24, 2.45) is 5.73 Å². The van der Waals surface area contributed by atoms with Crippen molar-refractivity contribution in [1.29, 1.82) is 0 Å². The number of nitrogens with two attached hydrogens (primary N) is 1. The highest BCUT2D eigenvalue weighted by molar-refractivity contribution is 5.48. The lowest BCUT2D eigenvalue weighted by atomic mass is 9.99. The van der Waals surface area contributed by atoms with Crippen molar-refractivity contribution in [3.05, 3.63) is 59.2 Å². The van der Waals surface area contributed by atoms with Crippen LogP contribution in [0.2, 0.25) is 0 Å². The first kappa shape index (κ1) is 17.4. The van der Waals surface area contributed by atoms with Gasteiger partial charge in [-0.1, -0.05) is 30.3 Å². The van der Waals surface area contributed by atoms with Gasteiger partial charge in [0.1, 0.15) is 11.5 Å². The molecule has 0 spiro atoms. The van der Waals surface area contributed by atoms with Crippen LogP contribution in [0.1, 0.15) is 30.0 Å². The first-order valence-electron chi connectivity index (χ1n) is 8.17. The van der Waals surface area contributed by atoms with Crippen LogP contribution in [0.4, 0.5) is 0 Å². The van der Waals surface area contributed by atoms with Gasteiger partial charge in [-0.2, -0.15) is 0 Å². The minimum absolute atomic E-state index is 0.0710. The lowest BCUT2D eigenvalue weighted by molar-refractivity contribution is 0.382. The Balaban J connectivity index is 2.10. The fourth-order valence-corrected chi connectivity index (χ4v) is 2.85. The van der Waals surface area contributed by atoms with Gasteiger partial charge in [0.15, 0.2) is 0 Å². The van der Waals surface area contributed by atoms with Crippen LogP contribution in [0.15, 0.2) is 42.5 Å². The first-order chi connectivity index (χ1) is 11.1. The molecule has 0 unspecified atom stereocenters. The summed E-state index contributed by atoms with van der Waals surface area (Å²) in [7, 11) is 3.40. The Kier molecular flexibility index (Phi) is 6.48. The van der Waals surface area contributed by atoms with Crippen LogP contribution in [0.25, 0.3) is 0 Å². The highest BCUT2D eigenvalue weighted by Gasteiger charge is 2.14. The average molecular weight is 313 g/mol. The van der Waals surface area contributed by atoms with Crippen molar-refractivity contribution < 1.29 is 9.47 Å². The summed E-state index contributed by atoms with van der Waals surface area (Å²) in [5, 5.41) is 0. The molecule has 0 aliphatic rings. The zero-order chi connectivity index (χ0) is 16.7. The van der Waals surface area contributed by atoms with Crippen LogP contribution < -0.4 is 15.2 Å². The normalized spacial score (nSPS) is 12.0. The molecule has 1 atom stereocenters. The van der Waals surface area contributed by atoms with Crippen LogP contribution in [-0.4, -0.2) is 20.3 Å². The second-order valence-electron chi connectivity index (χ2n) is 6.00. The van der Waals surface area contributed by atoms with Gasteiger partial charge in [-0.25, -0.2) is 0 Å². The number of hydrogen-bond acceptors (Lipinski definition) is 3. The van der Waals surface area contributed by atoms with E-state index in [2.05, 4.69) is 42.5 Å². The Morgan fingerprint density at radius 2 is 1.48 bits per heavy atom. The van der Waals surface area contributed by atoms with E-state index in [1.165, 1.54) is 11.1 Å². The summed E-state index contributed by atoms with van der Waals surface area (Å²) in [5.41, 5.74) is 9.61. The van der Waals surface area contributed by atoms with Crippen molar-refractivity contribution in [2.45, 2.75) is 38.6 Å². The van der Waals surface area contributed by atoms with E-state index in [0.29, 0.717) is 0 Å². The van der Waals surface area contributed by atoms with Gasteiger partial charge in [0.2, 0.25) is 0 Å². The summed E-state index contributed by atoms with van der Waals surface area (Å²) < 4.78 is 11.1. The summed E-state index contributed by atoms with van der Waals surface area (Å²) in [6.45, 7) is 1.99. The van der Waals surface area contributed by atoms with Crippen LogP contribution in [0.5, 0.6) is 11.5 Å². The van der Waals surface area contributed by atoms with E-state index >= 15 is 0 Å². The second kappa shape index (κ2) is 8.59. The Hall–Kier alpha value is -2.00. The maximum absolute atomic E-state index is 5.94.